The van der Waals surface area contributed by atoms with Crippen molar-refractivity contribution in [2.24, 2.45) is 0 Å². The Labute approximate surface area is 177 Å². The summed E-state index contributed by atoms with van der Waals surface area (Å²) in [7, 11) is 0. The summed E-state index contributed by atoms with van der Waals surface area (Å²) in [5.41, 5.74) is 16.3. The lowest BCUT2D eigenvalue weighted by Crippen LogP contribution is -2.40. The molecule has 2 aromatic carbocycles. The number of nitrogens with one attached hydrogen (secondary N) is 3. The highest BCUT2D eigenvalue weighted by Crippen LogP contribution is 2.21. The first-order chi connectivity index (χ1) is 14.6. The molecule has 4 rings (SSSR count). The zero-order chi connectivity index (χ0) is 20.9. The van der Waals surface area contributed by atoms with Crippen LogP contribution in [0.25, 0.3) is 0 Å². The van der Waals surface area contributed by atoms with Gasteiger partial charge in [-0.2, -0.15) is 0 Å². The zero-order valence-corrected chi connectivity index (χ0v) is 16.7. The molecule has 1 amide bonds. The monoisotopic (exact) mass is 408 g/mol. The highest BCUT2D eigenvalue weighted by molar-refractivity contribution is 6.13. The Kier molecular flexibility index (Phi) is 5.97. The number of allylic oxidation sites excluding steroid dienone is 1. The summed E-state index contributed by atoms with van der Waals surface area (Å²) in [5, 5.41) is 10.3. The molecule has 2 heterocycles. The minimum atomic E-state index is 0. The van der Waals surface area contributed by atoms with Gasteiger partial charge in [-0.25, -0.2) is 0 Å². The van der Waals surface area contributed by atoms with Gasteiger partial charge in [0.1, 0.15) is 0 Å². The van der Waals surface area contributed by atoms with Gasteiger partial charge in [0, 0.05) is 32.2 Å². The molecule has 8 heteroatoms. The van der Waals surface area contributed by atoms with E-state index in [1.165, 1.54) is 0 Å². The molecule has 2 aliphatic heterocycles. The second-order valence-corrected chi connectivity index (χ2v) is 7.27. The zero-order valence-electron chi connectivity index (χ0n) is 16.7. The molecule has 2 aliphatic rings. The summed E-state index contributed by atoms with van der Waals surface area (Å²) in [4.78, 5) is 14.3. The standard InChI is InChI=1S/C22H26N6O2.H2/c23-19-7-2-1-6-18(19)22(24)20-15-28(26-25-20)17-5-3-4-16(14-17)8-9-21(29)27-10-12-30-13-11-27;/h1-7,14-15,24-26H,8-13,23H2;1H. The first-order valence-electron chi connectivity index (χ1n) is 10.0. The van der Waals surface area contributed by atoms with E-state index in [1.807, 2.05) is 58.6 Å². The molecule has 0 unspecified atom stereocenters. The van der Waals surface area contributed by atoms with E-state index in [9.17, 15) is 4.79 Å². The molecular weight excluding hydrogens is 380 g/mol. The third kappa shape index (κ3) is 4.45. The summed E-state index contributed by atoms with van der Waals surface area (Å²) >= 11 is 0. The number of amides is 1. The van der Waals surface area contributed by atoms with Crippen LogP contribution in [0.3, 0.4) is 0 Å². The second kappa shape index (κ2) is 8.98. The normalized spacial score (nSPS) is 16.2. The molecule has 1 saturated heterocycles. The molecule has 30 heavy (non-hydrogen) atoms. The largest absolute Gasteiger partial charge is 0.398 e. The number of para-hydroxylation sites is 1. The maximum Gasteiger partial charge on any atom is 0.223 e. The van der Waals surface area contributed by atoms with Gasteiger partial charge in [0.2, 0.25) is 5.91 Å². The van der Waals surface area contributed by atoms with E-state index in [2.05, 4.69) is 11.0 Å². The summed E-state index contributed by atoms with van der Waals surface area (Å²) in [6.45, 7) is 2.59. The number of carbonyl (C=O) groups excluding carboxylic acids is 1. The Balaban J connectivity index is 0.00000272. The lowest BCUT2D eigenvalue weighted by Gasteiger charge is -2.26. The number of benzene rings is 2. The lowest BCUT2D eigenvalue weighted by atomic mass is 10.1. The quantitative estimate of drug-likeness (QED) is 0.431. The van der Waals surface area contributed by atoms with Crippen molar-refractivity contribution in [3.63, 3.8) is 0 Å². The van der Waals surface area contributed by atoms with Gasteiger partial charge in [-0.05, 0) is 30.2 Å². The van der Waals surface area contributed by atoms with Gasteiger partial charge >= 0.3 is 0 Å². The Morgan fingerprint density at radius 2 is 1.97 bits per heavy atom. The van der Waals surface area contributed by atoms with Gasteiger partial charge in [0.15, 0.2) is 0 Å². The summed E-state index contributed by atoms with van der Waals surface area (Å²) < 4.78 is 5.31. The van der Waals surface area contributed by atoms with Crippen LogP contribution in [0.2, 0.25) is 0 Å². The second-order valence-electron chi connectivity index (χ2n) is 7.27. The van der Waals surface area contributed by atoms with Crippen LogP contribution in [-0.2, 0) is 16.0 Å². The van der Waals surface area contributed by atoms with Crippen molar-refractivity contribution >= 4 is 23.0 Å². The van der Waals surface area contributed by atoms with Gasteiger partial charge in [-0.1, -0.05) is 30.3 Å². The number of anilines is 2. The van der Waals surface area contributed by atoms with Crippen LogP contribution in [0.5, 0.6) is 0 Å². The summed E-state index contributed by atoms with van der Waals surface area (Å²) in [5.74, 6) is 0.167. The van der Waals surface area contributed by atoms with Crippen molar-refractivity contribution in [3.8, 4) is 0 Å². The molecule has 1 fully saturated rings. The van der Waals surface area contributed by atoms with Crippen LogP contribution in [0.4, 0.5) is 11.4 Å². The molecule has 2 aromatic rings. The molecule has 0 atom stereocenters. The predicted molar refractivity (Wildman–Crippen MR) is 119 cm³/mol. The third-order valence-corrected chi connectivity index (χ3v) is 5.25. The first-order valence-corrected chi connectivity index (χ1v) is 10.0. The highest BCUT2D eigenvalue weighted by atomic mass is 16.5. The Bertz CT molecular complexity index is 974. The van der Waals surface area contributed by atoms with Gasteiger partial charge in [-0.3, -0.25) is 20.6 Å². The molecule has 0 bridgehead atoms. The average Bonchev–Trinajstić information content (AvgIpc) is 3.28. The number of rotatable bonds is 6. The Hall–Kier alpha value is -3.36. The molecule has 0 saturated carbocycles. The van der Waals surface area contributed by atoms with E-state index in [-0.39, 0.29) is 7.33 Å². The Morgan fingerprint density at radius 1 is 1.17 bits per heavy atom. The van der Waals surface area contributed by atoms with Crippen molar-refractivity contribution in [3.05, 3.63) is 71.6 Å². The molecule has 0 radical (unpaired) electrons. The number of nitrogens with zero attached hydrogens (tertiary/aromatic N) is 2. The highest BCUT2D eigenvalue weighted by Gasteiger charge is 2.20. The van der Waals surface area contributed by atoms with Gasteiger partial charge < -0.3 is 15.4 Å². The molecule has 0 aliphatic carbocycles. The lowest BCUT2D eigenvalue weighted by molar-refractivity contribution is -0.135. The number of hydrogen-bond acceptors (Lipinski definition) is 7. The number of hydrazine groups is 2. The van der Waals surface area contributed by atoms with Crippen LogP contribution < -0.4 is 21.7 Å². The number of nitrogen functional groups attached to an aromatic ring is 1. The Morgan fingerprint density at radius 3 is 2.77 bits per heavy atom. The summed E-state index contributed by atoms with van der Waals surface area (Å²) in [6.07, 6.45) is 2.99. The van der Waals surface area contributed by atoms with Crippen LogP contribution in [0.15, 0.2) is 60.4 Å². The number of ether oxygens (including phenoxy) is 1. The van der Waals surface area contributed by atoms with Crippen LogP contribution in [0, 0.1) is 5.41 Å². The topological polar surface area (TPSA) is 107 Å². The SMILES string of the molecule is N=C(C1=CN(c2cccc(CCC(=O)N3CCOCC3)c2)NN1)c1ccccc1N.[HH]. The van der Waals surface area contributed by atoms with E-state index >= 15 is 0 Å². The number of nitrogens with two attached hydrogens (primary N) is 1. The molecule has 0 spiro atoms. The van der Waals surface area contributed by atoms with Crippen molar-refractivity contribution < 1.29 is 11.0 Å². The van der Waals surface area contributed by atoms with Crippen LogP contribution >= 0.6 is 0 Å². The predicted octanol–water partition coefficient (Wildman–Crippen LogP) is 2.04. The van der Waals surface area contributed by atoms with Crippen LogP contribution in [0.1, 0.15) is 19.0 Å². The molecule has 0 aromatic heterocycles. The maximum absolute atomic E-state index is 12.4. The number of carbonyl (C=O) groups is 1. The van der Waals surface area contributed by atoms with E-state index in [0.717, 1.165) is 11.3 Å². The third-order valence-electron chi connectivity index (χ3n) is 5.25. The minimum Gasteiger partial charge on any atom is -0.398 e. The van der Waals surface area contributed by atoms with E-state index in [0.29, 0.717) is 61.8 Å². The van der Waals surface area contributed by atoms with Crippen molar-refractivity contribution in [2.75, 3.05) is 37.0 Å². The van der Waals surface area contributed by atoms with Gasteiger partial charge in [0.25, 0.3) is 0 Å². The molecule has 158 valence electrons. The van der Waals surface area contributed by atoms with Crippen molar-refractivity contribution in [1.82, 2.24) is 15.9 Å². The number of hydrogen-bond donors (Lipinski definition) is 4. The van der Waals surface area contributed by atoms with Gasteiger partial charge in [0.05, 0.1) is 36.5 Å². The molecule has 8 nitrogen and oxygen atoms in total. The number of morpholine rings is 1. The smallest absolute Gasteiger partial charge is 0.223 e. The van der Waals surface area contributed by atoms with E-state index in [4.69, 9.17) is 15.9 Å². The van der Waals surface area contributed by atoms with E-state index in [1.54, 1.807) is 6.07 Å². The minimum absolute atomic E-state index is 0. The first kappa shape index (κ1) is 19.9. The number of aryl methyl sites for hydroxylation is 1. The molecule has 5 N–H and O–H groups in total. The van der Waals surface area contributed by atoms with Crippen LogP contribution in [-0.4, -0.2) is 42.8 Å². The average molecular weight is 409 g/mol. The maximum atomic E-state index is 12.4. The van der Waals surface area contributed by atoms with E-state index < -0.39 is 0 Å². The fourth-order valence-electron chi connectivity index (χ4n) is 3.53. The fraction of sp³-hybridized carbons (Fsp3) is 0.273. The van der Waals surface area contributed by atoms with Crippen molar-refractivity contribution in [2.45, 2.75) is 12.8 Å². The fourth-order valence-corrected chi connectivity index (χ4v) is 3.53. The van der Waals surface area contributed by atoms with Crippen molar-refractivity contribution in [1.29, 1.82) is 5.41 Å². The summed E-state index contributed by atoms with van der Waals surface area (Å²) in [6, 6.07) is 15.3. The molecular formula is C22H28N6O2. The van der Waals surface area contributed by atoms with Gasteiger partial charge in [-0.15, -0.1) is 5.53 Å².